The second kappa shape index (κ2) is 48.3. The topological polar surface area (TPSA) is 78.9 Å². The Bertz CT molecular complexity index is 976. The van der Waals surface area contributed by atoms with Crippen molar-refractivity contribution in [1.29, 1.82) is 0 Å². The maximum atomic E-state index is 12.8. The van der Waals surface area contributed by atoms with Gasteiger partial charge < -0.3 is 14.2 Å². The Labute approximate surface area is 393 Å². The minimum Gasteiger partial charge on any atom is -0.462 e. The Balaban J connectivity index is 4.22. The van der Waals surface area contributed by atoms with E-state index in [9.17, 15) is 14.4 Å². The van der Waals surface area contributed by atoms with Crippen LogP contribution in [0.4, 0.5) is 0 Å². The van der Waals surface area contributed by atoms with E-state index >= 15 is 0 Å². The Morgan fingerprint density at radius 2 is 0.460 bits per heavy atom. The lowest BCUT2D eigenvalue weighted by Crippen LogP contribution is -2.30. The summed E-state index contributed by atoms with van der Waals surface area (Å²) in [6.45, 7) is 13.7. The highest BCUT2D eigenvalue weighted by Crippen LogP contribution is 2.18. The smallest absolute Gasteiger partial charge is 0.306 e. The highest BCUT2D eigenvalue weighted by Gasteiger charge is 2.19. The van der Waals surface area contributed by atoms with Crippen LogP contribution in [0.2, 0.25) is 0 Å². The second-order valence-electron chi connectivity index (χ2n) is 21.0. The first-order valence-corrected chi connectivity index (χ1v) is 28.1. The fourth-order valence-corrected chi connectivity index (χ4v) is 8.65. The van der Waals surface area contributed by atoms with Crippen molar-refractivity contribution in [2.75, 3.05) is 13.2 Å². The maximum Gasteiger partial charge on any atom is 0.306 e. The molecule has 0 aromatic rings. The van der Waals surface area contributed by atoms with Crippen LogP contribution in [0.3, 0.4) is 0 Å². The van der Waals surface area contributed by atoms with Crippen molar-refractivity contribution in [2.24, 2.45) is 17.8 Å². The van der Waals surface area contributed by atoms with Gasteiger partial charge in [0.1, 0.15) is 13.2 Å². The standard InChI is InChI=1S/C57H110O6/c1-51(2)43-37-31-25-21-17-13-9-7-8-10-16-20-24-28-36-42-48-57(60)63-54(50-62-56(59)47-41-35-30-29-33-39-45-53(5)6)49-61-55(58)46-40-34-27-23-19-15-12-11-14-18-22-26-32-38-44-52(3)4/h51-54H,7-50H2,1-6H3/t54-/m0/s1. The highest BCUT2D eigenvalue weighted by molar-refractivity contribution is 5.71. The van der Waals surface area contributed by atoms with Gasteiger partial charge in [-0.25, -0.2) is 0 Å². The van der Waals surface area contributed by atoms with E-state index in [-0.39, 0.29) is 31.1 Å². The SMILES string of the molecule is CC(C)CCCCCCCCCCCCCCCCCCC(=O)O[C@@H](COC(=O)CCCCCCCCCCCCCCCCC(C)C)COC(=O)CCCCCCCCC(C)C. The fourth-order valence-electron chi connectivity index (χ4n) is 8.65. The fraction of sp³-hybridized carbons (Fsp3) is 0.947. The molecule has 0 aliphatic heterocycles. The number of carbonyl (C=O) groups is 3. The van der Waals surface area contributed by atoms with Crippen molar-refractivity contribution >= 4 is 17.9 Å². The molecule has 0 N–H and O–H groups in total. The average molecular weight is 892 g/mol. The third-order valence-corrected chi connectivity index (χ3v) is 12.9. The molecule has 0 unspecified atom stereocenters. The van der Waals surface area contributed by atoms with Crippen molar-refractivity contribution in [1.82, 2.24) is 0 Å². The van der Waals surface area contributed by atoms with E-state index in [4.69, 9.17) is 14.2 Å². The molecule has 0 aromatic heterocycles. The summed E-state index contributed by atoms with van der Waals surface area (Å²) in [5.74, 6) is 1.61. The Morgan fingerprint density at radius 3 is 0.683 bits per heavy atom. The normalized spacial score (nSPS) is 12.1. The van der Waals surface area contributed by atoms with Crippen LogP contribution in [-0.4, -0.2) is 37.2 Å². The molecule has 0 saturated carbocycles. The van der Waals surface area contributed by atoms with Gasteiger partial charge in [-0.15, -0.1) is 0 Å². The zero-order valence-corrected chi connectivity index (χ0v) is 43.4. The third-order valence-electron chi connectivity index (χ3n) is 12.9. The molecule has 0 radical (unpaired) electrons. The number of ether oxygens (including phenoxy) is 3. The number of rotatable bonds is 50. The molecule has 0 heterocycles. The first kappa shape index (κ1) is 61.4. The molecule has 0 aliphatic rings. The van der Waals surface area contributed by atoms with Crippen molar-refractivity contribution < 1.29 is 28.6 Å². The van der Waals surface area contributed by atoms with Gasteiger partial charge >= 0.3 is 17.9 Å². The molecule has 6 heteroatoms. The first-order chi connectivity index (χ1) is 30.6. The Kier molecular flexibility index (Phi) is 47.1. The third kappa shape index (κ3) is 51.3. The van der Waals surface area contributed by atoms with Gasteiger partial charge in [0.15, 0.2) is 6.10 Å². The zero-order valence-electron chi connectivity index (χ0n) is 43.4. The number of hydrogen-bond donors (Lipinski definition) is 0. The maximum absolute atomic E-state index is 12.8. The lowest BCUT2D eigenvalue weighted by molar-refractivity contribution is -0.167. The second-order valence-corrected chi connectivity index (χ2v) is 21.0. The molecule has 0 fully saturated rings. The number of esters is 3. The summed E-state index contributed by atoms with van der Waals surface area (Å²) in [6.07, 6.45) is 49.7. The van der Waals surface area contributed by atoms with Crippen LogP contribution in [0.5, 0.6) is 0 Å². The molecule has 1 atom stereocenters. The van der Waals surface area contributed by atoms with Gasteiger partial charge in [-0.1, -0.05) is 273 Å². The van der Waals surface area contributed by atoms with Crippen LogP contribution in [0, 0.1) is 17.8 Å². The van der Waals surface area contributed by atoms with Gasteiger partial charge in [-0.2, -0.15) is 0 Å². The molecule has 6 nitrogen and oxygen atoms in total. The summed E-state index contributed by atoms with van der Waals surface area (Å²) in [6, 6.07) is 0. The molecule has 0 saturated heterocycles. The van der Waals surface area contributed by atoms with E-state index in [2.05, 4.69) is 41.5 Å². The van der Waals surface area contributed by atoms with Gasteiger partial charge in [-0.05, 0) is 37.0 Å². The van der Waals surface area contributed by atoms with Crippen molar-refractivity contribution in [3.8, 4) is 0 Å². The summed E-state index contributed by atoms with van der Waals surface area (Å²) >= 11 is 0. The largest absolute Gasteiger partial charge is 0.462 e. The van der Waals surface area contributed by atoms with Crippen molar-refractivity contribution in [2.45, 2.75) is 317 Å². The van der Waals surface area contributed by atoms with Gasteiger partial charge in [0, 0.05) is 19.3 Å². The lowest BCUT2D eigenvalue weighted by atomic mass is 10.0. The number of carbonyl (C=O) groups excluding carboxylic acids is 3. The first-order valence-electron chi connectivity index (χ1n) is 28.1. The van der Waals surface area contributed by atoms with Crippen LogP contribution in [0.15, 0.2) is 0 Å². The van der Waals surface area contributed by atoms with Crippen molar-refractivity contribution in [3.05, 3.63) is 0 Å². The lowest BCUT2D eigenvalue weighted by Gasteiger charge is -2.18. The molecule has 374 valence electrons. The number of unbranched alkanes of at least 4 members (excludes halogenated alkanes) is 33. The van der Waals surface area contributed by atoms with Crippen LogP contribution in [0.1, 0.15) is 311 Å². The van der Waals surface area contributed by atoms with Crippen LogP contribution >= 0.6 is 0 Å². The molecule has 0 rings (SSSR count). The average Bonchev–Trinajstić information content (AvgIpc) is 3.24. The molecular formula is C57H110O6. The van der Waals surface area contributed by atoms with E-state index in [0.717, 1.165) is 75.5 Å². The summed E-state index contributed by atoms with van der Waals surface area (Å²) in [5.41, 5.74) is 0. The molecule has 0 aliphatic carbocycles. The van der Waals surface area contributed by atoms with Gasteiger partial charge in [0.2, 0.25) is 0 Å². The van der Waals surface area contributed by atoms with Crippen LogP contribution in [0.25, 0.3) is 0 Å². The molecule has 63 heavy (non-hydrogen) atoms. The molecule has 0 bridgehead atoms. The quantitative estimate of drug-likeness (QED) is 0.0344. The Hall–Kier alpha value is -1.59. The predicted molar refractivity (Wildman–Crippen MR) is 270 cm³/mol. The van der Waals surface area contributed by atoms with Gasteiger partial charge in [0.05, 0.1) is 0 Å². The molecule has 0 amide bonds. The zero-order chi connectivity index (χ0) is 46.3. The molecular weight excluding hydrogens is 781 g/mol. The minimum atomic E-state index is -0.763. The monoisotopic (exact) mass is 891 g/mol. The molecule has 0 spiro atoms. The highest BCUT2D eigenvalue weighted by atomic mass is 16.6. The van der Waals surface area contributed by atoms with E-state index in [1.165, 1.54) is 193 Å². The Morgan fingerprint density at radius 1 is 0.270 bits per heavy atom. The number of hydrogen-bond acceptors (Lipinski definition) is 6. The van der Waals surface area contributed by atoms with Crippen LogP contribution < -0.4 is 0 Å². The van der Waals surface area contributed by atoms with Crippen LogP contribution in [-0.2, 0) is 28.6 Å². The molecule has 0 aromatic carbocycles. The van der Waals surface area contributed by atoms with E-state index in [0.29, 0.717) is 19.3 Å². The van der Waals surface area contributed by atoms with Gasteiger partial charge in [-0.3, -0.25) is 14.4 Å². The summed E-state index contributed by atoms with van der Waals surface area (Å²) in [5, 5.41) is 0. The van der Waals surface area contributed by atoms with E-state index in [1.807, 2.05) is 0 Å². The van der Waals surface area contributed by atoms with E-state index in [1.54, 1.807) is 0 Å². The summed E-state index contributed by atoms with van der Waals surface area (Å²) < 4.78 is 16.8. The van der Waals surface area contributed by atoms with E-state index < -0.39 is 6.10 Å². The summed E-state index contributed by atoms with van der Waals surface area (Å²) in [4.78, 5) is 38.0. The predicted octanol–water partition coefficient (Wildman–Crippen LogP) is 18.3. The van der Waals surface area contributed by atoms with Crippen molar-refractivity contribution in [3.63, 3.8) is 0 Å². The van der Waals surface area contributed by atoms with Gasteiger partial charge in [0.25, 0.3) is 0 Å². The summed E-state index contributed by atoms with van der Waals surface area (Å²) in [7, 11) is 0. The minimum absolute atomic E-state index is 0.0646.